The van der Waals surface area contributed by atoms with Crippen LogP contribution in [0.5, 0.6) is 0 Å². The largest absolute Gasteiger partial charge is 0.436 e. The molecule has 7 heteroatoms. The van der Waals surface area contributed by atoms with Crippen molar-refractivity contribution in [3.63, 3.8) is 0 Å². The average molecular weight is 387 g/mol. The number of fused-ring (bicyclic) bond motifs is 1. The Bertz CT molecular complexity index is 1230. The van der Waals surface area contributed by atoms with E-state index in [9.17, 15) is 14.9 Å². The van der Waals surface area contributed by atoms with Gasteiger partial charge in [-0.25, -0.2) is 4.98 Å². The monoisotopic (exact) mass is 387 g/mol. The van der Waals surface area contributed by atoms with Gasteiger partial charge in [0.2, 0.25) is 5.89 Å². The van der Waals surface area contributed by atoms with E-state index in [0.717, 1.165) is 16.6 Å². The number of oxazole rings is 1. The van der Waals surface area contributed by atoms with Gasteiger partial charge in [0.25, 0.3) is 11.6 Å². The van der Waals surface area contributed by atoms with Crippen molar-refractivity contribution in [1.29, 1.82) is 0 Å². The molecule has 0 spiro atoms. The van der Waals surface area contributed by atoms with Gasteiger partial charge in [-0.05, 0) is 55.8 Å². The molecule has 0 bridgehead atoms. The number of nitrogens with zero attached hydrogens (tertiary/aromatic N) is 2. The molecule has 0 atom stereocenters. The van der Waals surface area contributed by atoms with Crippen LogP contribution in [0.25, 0.3) is 22.6 Å². The Labute approximate surface area is 166 Å². The van der Waals surface area contributed by atoms with Crippen LogP contribution in [0.15, 0.2) is 65.1 Å². The maximum Gasteiger partial charge on any atom is 0.272 e. The third-order valence-electron chi connectivity index (χ3n) is 4.68. The summed E-state index contributed by atoms with van der Waals surface area (Å²) < 4.78 is 5.80. The van der Waals surface area contributed by atoms with Crippen LogP contribution < -0.4 is 5.32 Å². The first-order valence-corrected chi connectivity index (χ1v) is 8.95. The van der Waals surface area contributed by atoms with Crippen LogP contribution in [-0.4, -0.2) is 15.8 Å². The molecular formula is C22H17N3O4. The molecule has 29 heavy (non-hydrogen) atoms. The molecule has 1 aromatic heterocycles. The van der Waals surface area contributed by atoms with E-state index in [1.807, 2.05) is 43.3 Å². The van der Waals surface area contributed by atoms with Gasteiger partial charge in [-0.15, -0.1) is 0 Å². The summed E-state index contributed by atoms with van der Waals surface area (Å²) in [5.74, 6) is 0.119. The Morgan fingerprint density at radius 3 is 2.55 bits per heavy atom. The summed E-state index contributed by atoms with van der Waals surface area (Å²) in [5, 5.41) is 13.8. The summed E-state index contributed by atoms with van der Waals surface area (Å²) >= 11 is 0. The van der Waals surface area contributed by atoms with Crippen molar-refractivity contribution >= 4 is 28.4 Å². The lowest BCUT2D eigenvalue weighted by Crippen LogP contribution is -2.13. The number of benzene rings is 3. The van der Waals surface area contributed by atoms with Gasteiger partial charge in [0, 0.05) is 28.4 Å². The molecular weight excluding hydrogens is 370 g/mol. The molecule has 1 N–H and O–H groups in total. The topological polar surface area (TPSA) is 98.3 Å². The number of hydrogen-bond acceptors (Lipinski definition) is 5. The molecule has 1 amide bonds. The van der Waals surface area contributed by atoms with Crippen LogP contribution in [0.1, 0.15) is 21.5 Å². The number of aryl methyl sites for hydroxylation is 2. The zero-order valence-corrected chi connectivity index (χ0v) is 15.8. The quantitative estimate of drug-likeness (QED) is 0.380. The van der Waals surface area contributed by atoms with Crippen molar-refractivity contribution in [3.05, 3.63) is 87.5 Å². The molecule has 0 aliphatic carbocycles. The van der Waals surface area contributed by atoms with Gasteiger partial charge in [0.15, 0.2) is 5.58 Å². The Kier molecular flexibility index (Phi) is 4.56. The molecule has 0 saturated carbocycles. The highest BCUT2D eigenvalue weighted by molar-refractivity contribution is 6.05. The fourth-order valence-electron chi connectivity index (χ4n) is 3.08. The number of aromatic nitrogens is 1. The van der Waals surface area contributed by atoms with E-state index in [-0.39, 0.29) is 11.6 Å². The van der Waals surface area contributed by atoms with Gasteiger partial charge in [-0.1, -0.05) is 18.2 Å². The van der Waals surface area contributed by atoms with E-state index >= 15 is 0 Å². The van der Waals surface area contributed by atoms with E-state index in [0.29, 0.717) is 28.3 Å². The number of para-hydroxylation sites is 2. The van der Waals surface area contributed by atoms with Crippen LogP contribution in [0.2, 0.25) is 0 Å². The van der Waals surface area contributed by atoms with Gasteiger partial charge in [-0.3, -0.25) is 14.9 Å². The molecule has 0 unspecified atom stereocenters. The summed E-state index contributed by atoms with van der Waals surface area (Å²) in [7, 11) is 0. The Balaban J connectivity index is 1.63. The number of amides is 1. The standard InChI is InChI=1S/C22H17N3O4/c1-13-7-8-16(22-24-17-5-3-4-6-20(17)29-22)12-18(13)23-21(26)15-9-10-19(25(27)28)14(2)11-15/h3-12H,1-2H3,(H,23,26). The summed E-state index contributed by atoms with van der Waals surface area (Å²) in [6.45, 7) is 3.49. The molecule has 7 nitrogen and oxygen atoms in total. The van der Waals surface area contributed by atoms with Crippen molar-refractivity contribution in [3.8, 4) is 11.5 Å². The summed E-state index contributed by atoms with van der Waals surface area (Å²) in [4.78, 5) is 27.7. The van der Waals surface area contributed by atoms with Crippen molar-refractivity contribution in [2.75, 3.05) is 5.32 Å². The number of carbonyl (C=O) groups excluding carboxylic acids is 1. The second kappa shape index (κ2) is 7.20. The molecule has 0 fully saturated rings. The van der Waals surface area contributed by atoms with Gasteiger partial charge in [0.05, 0.1) is 4.92 Å². The maximum absolute atomic E-state index is 12.7. The Hall–Kier alpha value is -4.00. The number of anilines is 1. The fraction of sp³-hybridized carbons (Fsp3) is 0.0909. The van der Waals surface area contributed by atoms with Gasteiger partial charge in [-0.2, -0.15) is 0 Å². The SMILES string of the molecule is Cc1ccc(-c2nc3ccccc3o2)cc1NC(=O)c1ccc([N+](=O)[O-])c(C)c1. The highest BCUT2D eigenvalue weighted by Crippen LogP contribution is 2.28. The normalized spacial score (nSPS) is 10.8. The maximum atomic E-state index is 12.7. The zero-order chi connectivity index (χ0) is 20.5. The van der Waals surface area contributed by atoms with Crippen molar-refractivity contribution in [2.24, 2.45) is 0 Å². The van der Waals surface area contributed by atoms with E-state index in [4.69, 9.17) is 4.42 Å². The van der Waals surface area contributed by atoms with E-state index in [2.05, 4.69) is 10.3 Å². The molecule has 0 aliphatic rings. The van der Waals surface area contributed by atoms with E-state index < -0.39 is 4.92 Å². The third-order valence-corrected chi connectivity index (χ3v) is 4.68. The van der Waals surface area contributed by atoms with Crippen LogP contribution in [0, 0.1) is 24.0 Å². The van der Waals surface area contributed by atoms with E-state index in [1.165, 1.54) is 18.2 Å². The number of carbonyl (C=O) groups is 1. The Morgan fingerprint density at radius 2 is 1.83 bits per heavy atom. The molecule has 4 rings (SSSR count). The molecule has 144 valence electrons. The molecule has 0 radical (unpaired) electrons. The number of nitrogens with one attached hydrogen (secondary N) is 1. The lowest BCUT2D eigenvalue weighted by atomic mass is 10.1. The first kappa shape index (κ1) is 18.4. The second-order valence-electron chi connectivity index (χ2n) is 6.73. The van der Waals surface area contributed by atoms with Crippen LogP contribution in [0.4, 0.5) is 11.4 Å². The predicted octanol–water partition coefficient (Wildman–Crippen LogP) is 5.27. The summed E-state index contributed by atoms with van der Waals surface area (Å²) in [6, 6.07) is 17.3. The summed E-state index contributed by atoms with van der Waals surface area (Å²) in [6.07, 6.45) is 0. The average Bonchev–Trinajstić information content (AvgIpc) is 3.13. The minimum Gasteiger partial charge on any atom is -0.436 e. The number of hydrogen-bond donors (Lipinski definition) is 1. The lowest BCUT2D eigenvalue weighted by Gasteiger charge is -2.10. The Morgan fingerprint density at radius 1 is 1.03 bits per heavy atom. The first-order chi connectivity index (χ1) is 13.9. The molecule has 1 heterocycles. The first-order valence-electron chi connectivity index (χ1n) is 8.95. The molecule has 3 aromatic carbocycles. The molecule has 0 saturated heterocycles. The predicted molar refractivity (Wildman–Crippen MR) is 110 cm³/mol. The van der Waals surface area contributed by atoms with E-state index in [1.54, 1.807) is 13.0 Å². The fourth-order valence-corrected chi connectivity index (χ4v) is 3.08. The highest BCUT2D eigenvalue weighted by Gasteiger charge is 2.15. The van der Waals surface area contributed by atoms with Gasteiger partial charge >= 0.3 is 0 Å². The number of nitro benzene ring substituents is 1. The highest BCUT2D eigenvalue weighted by atomic mass is 16.6. The van der Waals surface area contributed by atoms with Crippen LogP contribution in [0.3, 0.4) is 0 Å². The zero-order valence-electron chi connectivity index (χ0n) is 15.8. The second-order valence-corrected chi connectivity index (χ2v) is 6.73. The molecule has 0 aliphatic heterocycles. The van der Waals surface area contributed by atoms with Gasteiger partial charge in [0.1, 0.15) is 5.52 Å². The van der Waals surface area contributed by atoms with Gasteiger partial charge < -0.3 is 9.73 Å². The van der Waals surface area contributed by atoms with Crippen molar-refractivity contribution in [2.45, 2.75) is 13.8 Å². The number of rotatable bonds is 4. The lowest BCUT2D eigenvalue weighted by molar-refractivity contribution is -0.385. The molecule has 4 aromatic rings. The van der Waals surface area contributed by atoms with Crippen LogP contribution >= 0.6 is 0 Å². The minimum atomic E-state index is -0.467. The van der Waals surface area contributed by atoms with Crippen molar-refractivity contribution in [1.82, 2.24) is 4.98 Å². The minimum absolute atomic E-state index is 0.0179. The summed E-state index contributed by atoms with van der Waals surface area (Å²) in [5.41, 5.74) is 4.43. The number of nitro groups is 1. The van der Waals surface area contributed by atoms with Crippen molar-refractivity contribution < 1.29 is 14.1 Å². The smallest absolute Gasteiger partial charge is 0.272 e. The third kappa shape index (κ3) is 3.58. The van der Waals surface area contributed by atoms with Crippen LogP contribution in [-0.2, 0) is 0 Å².